The number of hydrogen-bond acceptors (Lipinski definition) is 6. The minimum atomic E-state index is -0.701. The number of nitrogens with one attached hydrogen (secondary N) is 1. The van der Waals surface area contributed by atoms with Crippen LogP contribution < -0.4 is 5.32 Å². The van der Waals surface area contributed by atoms with E-state index in [-0.39, 0.29) is 30.1 Å². The summed E-state index contributed by atoms with van der Waals surface area (Å²) < 4.78 is 23.3. The monoisotopic (exact) mass is 413 g/mol. The zero-order valence-corrected chi connectivity index (χ0v) is 18.4. The molecule has 2 saturated heterocycles. The lowest BCUT2D eigenvalue weighted by atomic mass is 9.85. The molecule has 168 valence electrons. The Morgan fingerprint density at radius 2 is 1.90 bits per heavy atom. The average molecular weight is 414 g/mol. The zero-order chi connectivity index (χ0) is 21.1. The molecule has 0 aromatic rings. The Hall–Kier alpha value is -0.890. The van der Waals surface area contributed by atoms with Crippen LogP contribution in [0.1, 0.15) is 79.1 Å². The van der Waals surface area contributed by atoms with Crippen LogP contribution in [0.15, 0.2) is 0 Å². The number of fused-ring (bicyclic) bond motifs is 1. The molecule has 29 heavy (non-hydrogen) atoms. The summed E-state index contributed by atoms with van der Waals surface area (Å²) in [5, 5.41) is 13.0. The molecule has 1 unspecified atom stereocenters. The Labute approximate surface area is 174 Å². The first-order chi connectivity index (χ1) is 13.7. The van der Waals surface area contributed by atoms with Gasteiger partial charge in [-0.1, -0.05) is 19.8 Å². The molecule has 0 bridgehead atoms. The molecule has 5 atom stereocenters. The SMILES string of the molecule is CCCCCC1(CC[C@@H]2[C@H]3CC(O)O[C@H]3C[C@H]2NC(=O)OC(C)(C)C)OCCO1. The second-order valence-electron chi connectivity index (χ2n) is 9.78. The molecule has 3 aliphatic rings. The summed E-state index contributed by atoms with van der Waals surface area (Å²) in [6.45, 7) is 9.07. The van der Waals surface area contributed by atoms with Crippen molar-refractivity contribution in [1.82, 2.24) is 5.32 Å². The van der Waals surface area contributed by atoms with Crippen molar-refractivity contribution in [2.75, 3.05) is 13.2 Å². The van der Waals surface area contributed by atoms with E-state index in [4.69, 9.17) is 18.9 Å². The highest BCUT2D eigenvalue weighted by Crippen LogP contribution is 2.46. The predicted octanol–water partition coefficient (Wildman–Crippen LogP) is 3.73. The van der Waals surface area contributed by atoms with E-state index in [9.17, 15) is 9.90 Å². The van der Waals surface area contributed by atoms with Crippen LogP contribution in [0.3, 0.4) is 0 Å². The lowest BCUT2D eigenvalue weighted by Gasteiger charge is -2.32. The maximum Gasteiger partial charge on any atom is 0.407 e. The van der Waals surface area contributed by atoms with Gasteiger partial charge in [0.05, 0.1) is 19.3 Å². The maximum absolute atomic E-state index is 12.4. The molecule has 7 heteroatoms. The van der Waals surface area contributed by atoms with Crippen LogP contribution in [0.5, 0.6) is 0 Å². The van der Waals surface area contributed by atoms with Crippen molar-refractivity contribution in [1.29, 1.82) is 0 Å². The van der Waals surface area contributed by atoms with E-state index < -0.39 is 17.7 Å². The van der Waals surface area contributed by atoms with Crippen molar-refractivity contribution in [3.63, 3.8) is 0 Å². The summed E-state index contributed by atoms with van der Waals surface area (Å²) in [5.74, 6) is -0.0542. The third kappa shape index (κ3) is 6.06. The molecular formula is C22H39NO6. The van der Waals surface area contributed by atoms with Gasteiger partial charge in [0.1, 0.15) is 5.60 Å². The van der Waals surface area contributed by atoms with Crippen LogP contribution in [-0.2, 0) is 18.9 Å². The van der Waals surface area contributed by atoms with E-state index in [1.54, 1.807) is 0 Å². The molecule has 2 heterocycles. The molecule has 1 aliphatic carbocycles. The Kier molecular flexibility index (Phi) is 7.46. The topological polar surface area (TPSA) is 86.3 Å². The molecule has 2 N–H and O–H groups in total. The van der Waals surface area contributed by atoms with Crippen LogP contribution in [0.2, 0.25) is 0 Å². The van der Waals surface area contributed by atoms with Gasteiger partial charge in [-0.15, -0.1) is 0 Å². The number of ether oxygens (including phenoxy) is 4. The number of amides is 1. The Morgan fingerprint density at radius 3 is 2.55 bits per heavy atom. The van der Waals surface area contributed by atoms with E-state index >= 15 is 0 Å². The van der Waals surface area contributed by atoms with Gasteiger partial charge >= 0.3 is 6.09 Å². The number of unbranched alkanes of at least 4 members (excludes halogenated alkanes) is 2. The van der Waals surface area contributed by atoms with E-state index in [0.29, 0.717) is 26.1 Å². The molecule has 1 saturated carbocycles. The van der Waals surface area contributed by atoms with Crippen molar-refractivity contribution >= 4 is 6.09 Å². The fourth-order valence-corrected chi connectivity index (χ4v) is 5.13. The van der Waals surface area contributed by atoms with Crippen LogP contribution in [-0.4, -0.2) is 54.2 Å². The summed E-state index contributed by atoms with van der Waals surface area (Å²) in [6, 6.07) is -0.0264. The van der Waals surface area contributed by atoms with E-state index in [1.165, 1.54) is 12.8 Å². The summed E-state index contributed by atoms with van der Waals surface area (Å²) in [5.41, 5.74) is -0.532. The van der Waals surface area contributed by atoms with Gasteiger partial charge in [0.2, 0.25) is 0 Å². The van der Waals surface area contributed by atoms with Gasteiger partial charge in [-0.25, -0.2) is 4.79 Å². The molecular weight excluding hydrogens is 374 g/mol. The van der Waals surface area contributed by atoms with Gasteiger partial charge in [-0.2, -0.15) is 0 Å². The Morgan fingerprint density at radius 1 is 1.17 bits per heavy atom. The van der Waals surface area contributed by atoms with Crippen molar-refractivity contribution in [2.24, 2.45) is 11.8 Å². The van der Waals surface area contributed by atoms with Crippen molar-refractivity contribution < 1.29 is 28.8 Å². The molecule has 3 fully saturated rings. The number of carbonyl (C=O) groups is 1. The number of hydrogen-bond donors (Lipinski definition) is 2. The third-order valence-electron chi connectivity index (χ3n) is 6.37. The van der Waals surface area contributed by atoms with Crippen LogP contribution in [0, 0.1) is 11.8 Å². The minimum Gasteiger partial charge on any atom is -0.444 e. The normalized spacial score (nSPS) is 33.6. The lowest BCUT2D eigenvalue weighted by Crippen LogP contribution is -2.43. The highest BCUT2D eigenvalue weighted by Gasteiger charge is 2.50. The number of rotatable bonds is 8. The third-order valence-corrected chi connectivity index (χ3v) is 6.37. The smallest absolute Gasteiger partial charge is 0.407 e. The molecule has 7 nitrogen and oxygen atoms in total. The Balaban J connectivity index is 1.63. The molecule has 3 rings (SSSR count). The summed E-state index contributed by atoms with van der Waals surface area (Å²) in [7, 11) is 0. The molecule has 0 aromatic heterocycles. The highest BCUT2D eigenvalue weighted by atomic mass is 16.7. The van der Waals surface area contributed by atoms with Crippen molar-refractivity contribution in [3.8, 4) is 0 Å². The molecule has 0 radical (unpaired) electrons. The van der Waals surface area contributed by atoms with Crippen molar-refractivity contribution in [2.45, 2.75) is 109 Å². The van der Waals surface area contributed by atoms with Crippen LogP contribution in [0.25, 0.3) is 0 Å². The van der Waals surface area contributed by atoms with E-state index in [1.807, 2.05) is 20.8 Å². The fraction of sp³-hybridized carbons (Fsp3) is 0.955. The number of aliphatic hydroxyl groups excluding tert-OH is 1. The maximum atomic E-state index is 12.4. The van der Waals surface area contributed by atoms with Gasteiger partial charge < -0.3 is 29.4 Å². The number of alkyl carbamates (subject to hydrolysis) is 1. The highest BCUT2D eigenvalue weighted by molar-refractivity contribution is 5.68. The standard InChI is InChI=1S/C22H39NO6/c1-5-6-7-9-22(26-11-12-27-22)10-8-15-16-13-19(24)28-18(16)14-17(15)23-20(25)29-21(2,3)4/h15-19,24H,5-14H2,1-4H3,(H,23,25)/t15-,16-,17-,18+,19?/m1/s1. The number of aliphatic hydroxyl groups is 1. The number of carbonyl (C=O) groups excluding carboxylic acids is 1. The summed E-state index contributed by atoms with van der Waals surface area (Å²) in [6.07, 6.45) is 6.22. The largest absolute Gasteiger partial charge is 0.444 e. The van der Waals surface area contributed by atoms with Crippen LogP contribution in [0.4, 0.5) is 4.79 Å². The second-order valence-corrected chi connectivity index (χ2v) is 9.78. The average Bonchev–Trinajstić information content (AvgIpc) is 3.27. The summed E-state index contributed by atoms with van der Waals surface area (Å²) >= 11 is 0. The second kappa shape index (κ2) is 9.50. The first-order valence-corrected chi connectivity index (χ1v) is 11.3. The Bertz CT molecular complexity index is 542. The first kappa shape index (κ1) is 22.8. The lowest BCUT2D eigenvalue weighted by molar-refractivity contribution is -0.170. The van der Waals surface area contributed by atoms with Gasteiger partial charge in [0.15, 0.2) is 12.1 Å². The van der Waals surface area contributed by atoms with E-state index in [2.05, 4.69) is 12.2 Å². The molecule has 0 spiro atoms. The van der Waals surface area contributed by atoms with E-state index in [0.717, 1.165) is 25.7 Å². The van der Waals surface area contributed by atoms with Gasteiger partial charge in [-0.05, 0) is 51.9 Å². The predicted molar refractivity (Wildman–Crippen MR) is 108 cm³/mol. The fourth-order valence-electron chi connectivity index (χ4n) is 5.13. The van der Waals surface area contributed by atoms with Crippen molar-refractivity contribution in [3.05, 3.63) is 0 Å². The quantitative estimate of drug-likeness (QED) is 0.590. The van der Waals surface area contributed by atoms with Gasteiger partial charge in [0.25, 0.3) is 0 Å². The van der Waals surface area contributed by atoms with Crippen LogP contribution >= 0.6 is 0 Å². The minimum absolute atomic E-state index is 0.0172. The molecule has 0 aromatic carbocycles. The van der Waals surface area contributed by atoms with Gasteiger partial charge in [-0.3, -0.25) is 0 Å². The summed E-state index contributed by atoms with van der Waals surface area (Å²) in [4.78, 5) is 12.4. The zero-order valence-electron chi connectivity index (χ0n) is 18.4. The molecule has 2 aliphatic heterocycles. The first-order valence-electron chi connectivity index (χ1n) is 11.3. The molecule has 1 amide bonds. The van der Waals surface area contributed by atoms with Gasteiger partial charge in [0, 0.05) is 25.3 Å².